The van der Waals surface area contributed by atoms with Gasteiger partial charge in [0.25, 0.3) is 0 Å². The van der Waals surface area contributed by atoms with Crippen LogP contribution < -0.4 is 5.32 Å². The maximum Gasteiger partial charge on any atom is 0.0826 e. The quantitative estimate of drug-likeness (QED) is 0.770. The molecule has 0 spiro atoms. The van der Waals surface area contributed by atoms with Gasteiger partial charge in [0.15, 0.2) is 0 Å². The Morgan fingerprint density at radius 1 is 1.22 bits per heavy atom. The molecule has 1 aliphatic carbocycles. The van der Waals surface area contributed by atoms with Gasteiger partial charge in [-0.2, -0.15) is 0 Å². The Morgan fingerprint density at radius 3 is 3.11 bits per heavy atom. The van der Waals surface area contributed by atoms with Crippen molar-refractivity contribution in [3.8, 4) is 0 Å². The van der Waals surface area contributed by atoms with Gasteiger partial charge in [0.05, 0.1) is 12.7 Å². The maximum atomic E-state index is 5.96. The number of hydrogen-bond acceptors (Lipinski definition) is 3. The van der Waals surface area contributed by atoms with Crippen molar-refractivity contribution >= 4 is 0 Å². The molecule has 3 atom stereocenters. The lowest BCUT2D eigenvalue weighted by Gasteiger charge is -2.35. The van der Waals surface area contributed by atoms with Gasteiger partial charge in [0.2, 0.25) is 0 Å². The van der Waals surface area contributed by atoms with Crippen LogP contribution in [-0.2, 0) is 4.74 Å². The Hall–Kier alpha value is -0.380. The molecular formula is C15H26N2O. The van der Waals surface area contributed by atoms with Crippen LogP contribution in [0.2, 0.25) is 0 Å². The van der Waals surface area contributed by atoms with Crippen molar-refractivity contribution in [3.63, 3.8) is 0 Å². The van der Waals surface area contributed by atoms with Crippen LogP contribution in [0.3, 0.4) is 0 Å². The fourth-order valence-electron chi connectivity index (χ4n) is 3.50. The summed E-state index contributed by atoms with van der Waals surface area (Å²) in [5.41, 5.74) is 0. The smallest absolute Gasteiger partial charge is 0.0826 e. The molecule has 3 unspecified atom stereocenters. The maximum absolute atomic E-state index is 5.96. The summed E-state index contributed by atoms with van der Waals surface area (Å²) in [5.74, 6) is 0.845. The third-order valence-electron chi connectivity index (χ3n) is 4.64. The minimum Gasteiger partial charge on any atom is -0.374 e. The molecule has 1 N–H and O–H groups in total. The fourth-order valence-corrected chi connectivity index (χ4v) is 3.50. The number of nitrogens with zero attached hydrogens (tertiary/aromatic N) is 1. The molecule has 0 radical (unpaired) electrons. The molecule has 0 bridgehead atoms. The molecule has 102 valence electrons. The summed E-state index contributed by atoms with van der Waals surface area (Å²) in [6, 6.07) is 0.727. The van der Waals surface area contributed by atoms with Crippen LogP contribution >= 0.6 is 0 Å². The molecule has 2 saturated heterocycles. The van der Waals surface area contributed by atoms with Gasteiger partial charge in [-0.1, -0.05) is 12.2 Å². The largest absolute Gasteiger partial charge is 0.374 e. The molecule has 2 aliphatic heterocycles. The van der Waals surface area contributed by atoms with Crippen molar-refractivity contribution in [2.24, 2.45) is 5.92 Å². The van der Waals surface area contributed by atoms with Gasteiger partial charge in [0, 0.05) is 19.1 Å². The van der Waals surface area contributed by atoms with E-state index >= 15 is 0 Å². The minimum atomic E-state index is 0.415. The van der Waals surface area contributed by atoms with Crippen LogP contribution in [0, 0.1) is 5.92 Å². The highest BCUT2D eigenvalue weighted by Gasteiger charge is 2.31. The van der Waals surface area contributed by atoms with Crippen LogP contribution in [-0.4, -0.2) is 49.8 Å². The van der Waals surface area contributed by atoms with E-state index in [1.807, 2.05) is 0 Å². The molecule has 18 heavy (non-hydrogen) atoms. The zero-order valence-corrected chi connectivity index (χ0v) is 11.3. The van der Waals surface area contributed by atoms with E-state index in [0.29, 0.717) is 6.10 Å². The van der Waals surface area contributed by atoms with Crippen molar-refractivity contribution < 1.29 is 4.74 Å². The van der Waals surface area contributed by atoms with Gasteiger partial charge in [-0.3, -0.25) is 4.90 Å². The van der Waals surface area contributed by atoms with Gasteiger partial charge in [-0.25, -0.2) is 0 Å². The highest BCUT2D eigenvalue weighted by Crippen LogP contribution is 2.22. The van der Waals surface area contributed by atoms with E-state index in [0.717, 1.165) is 38.2 Å². The van der Waals surface area contributed by atoms with Crippen LogP contribution in [0.25, 0.3) is 0 Å². The number of morpholine rings is 1. The fraction of sp³-hybridized carbons (Fsp3) is 0.867. The summed E-state index contributed by atoms with van der Waals surface area (Å²) in [5, 5.41) is 3.62. The zero-order valence-electron chi connectivity index (χ0n) is 11.3. The average Bonchev–Trinajstić information content (AvgIpc) is 2.87. The Balaban J connectivity index is 1.34. The summed E-state index contributed by atoms with van der Waals surface area (Å²) < 4.78 is 5.96. The van der Waals surface area contributed by atoms with Crippen molar-refractivity contribution in [2.75, 3.05) is 32.8 Å². The van der Waals surface area contributed by atoms with E-state index in [1.165, 1.54) is 38.6 Å². The molecular weight excluding hydrogens is 224 g/mol. The summed E-state index contributed by atoms with van der Waals surface area (Å²) in [7, 11) is 0. The van der Waals surface area contributed by atoms with Crippen molar-refractivity contribution in [1.82, 2.24) is 10.2 Å². The monoisotopic (exact) mass is 250 g/mol. The number of allylic oxidation sites excluding steroid dienone is 2. The second kappa shape index (κ2) is 6.18. The van der Waals surface area contributed by atoms with Crippen molar-refractivity contribution in [1.29, 1.82) is 0 Å². The molecule has 0 aromatic heterocycles. The molecule has 0 aromatic carbocycles. The first-order valence-corrected chi connectivity index (χ1v) is 7.63. The van der Waals surface area contributed by atoms with Crippen LogP contribution in [0.1, 0.15) is 32.1 Å². The van der Waals surface area contributed by atoms with Crippen LogP contribution in [0.4, 0.5) is 0 Å². The number of nitrogens with one attached hydrogen (secondary N) is 1. The Kier molecular flexibility index (Phi) is 4.34. The lowest BCUT2D eigenvalue weighted by molar-refractivity contribution is -0.0471. The van der Waals surface area contributed by atoms with Gasteiger partial charge < -0.3 is 10.1 Å². The van der Waals surface area contributed by atoms with E-state index in [9.17, 15) is 0 Å². The minimum absolute atomic E-state index is 0.415. The third kappa shape index (κ3) is 3.14. The predicted octanol–water partition coefficient (Wildman–Crippen LogP) is 1.80. The van der Waals surface area contributed by atoms with Crippen LogP contribution in [0.15, 0.2) is 12.2 Å². The first-order chi connectivity index (χ1) is 8.92. The highest BCUT2D eigenvalue weighted by atomic mass is 16.5. The lowest BCUT2D eigenvalue weighted by Crippen LogP contribution is -2.49. The van der Waals surface area contributed by atoms with Gasteiger partial charge >= 0.3 is 0 Å². The second-order valence-electron chi connectivity index (χ2n) is 6.06. The first kappa shape index (κ1) is 12.6. The summed E-state index contributed by atoms with van der Waals surface area (Å²) in [4.78, 5) is 2.62. The van der Waals surface area contributed by atoms with Gasteiger partial charge in [-0.05, 0) is 51.1 Å². The predicted molar refractivity (Wildman–Crippen MR) is 73.7 cm³/mol. The second-order valence-corrected chi connectivity index (χ2v) is 6.06. The third-order valence-corrected chi connectivity index (χ3v) is 4.64. The zero-order chi connectivity index (χ0) is 12.2. The van der Waals surface area contributed by atoms with Crippen molar-refractivity contribution in [3.05, 3.63) is 12.2 Å². The molecule has 0 amide bonds. The molecule has 2 fully saturated rings. The topological polar surface area (TPSA) is 24.5 Å². The molecule has 2 heterocycles. The Bertz CT molecular complexity index is 292. The highest BCUT2D eigenvalue weighted by molar-refractivity contribution is 4.91. The van der Waals surface area contributed by atoms with Crippen LogP contribution in [0.5, 0.6) is 0 Å². The van der Waals surface area contributed by atoms with E-state index in [-0.39, 0.29) is 0 Å². The molecule has 3 heteroatoms. The van der Waals surface area contributed by atoms with Crippen molar-refractivity contribution in [2.45, 2.75) is 44.2 Å². The van der Waals surface area contributed by atoms with E-state index in [4.69, 9.17) is 4.74 Å². The first-order valence-electron chi connectivity index (χ1n) is 7.63. The molecule has 3 aliphatic rings. The SMILES string of the molecule is C1=CCC(CNCC2CN3CCCC3CO2)CC1. The lowest BCUT2D eigenvalue weighted by atomic mass is 9.94. The molecule has 0 saturated carbocycles. The summed E-state index contributed by atoms with van der Waals surface area (Å²) in [6.45, 7) is 5.58. The molecule has 0 aromatic rings. The normalized spacial score (nSPS) is 36.8. The van der Waals surface area contributed by atoms with E-state index < -0.39 is 0 Å². The molecule has 3 rings (SSSR count). The molecule has 3 nitrogen and oxygen atoms in total. The average molecular weight is 250 g/mol. The Morgan fingerprint density at radius 2 is 2.22 bits per heavy atom. The standard InChI is InChI=1S/C15H26N2O/c1-2-5-13(6-3-1)9-16-10-15-11-17-8-4-7-14(17)12-18-15/h1-2,13-16H,3-12H2. The Labute approximate surface area is 111 Å². The number of rotatable bonds is 4. The van der Waals surface area contributed by atoms with Gasteiger partial charge in [-0.15, -0.1) is 0 Å². The number of hydrogen-bond donors (Lipinski definition) is 1. The van der Waals surface area contributed by atoms with Gasteiger partial charge in [0.1, 0.15) is 0 Å². The summed E-state index contributed by atoms with van der Waals surface area (Å²) in [6.07, 6.45) is 11.6. The summed E-state index contributed by atoms with van der Waals surface area (Å²) >= 11 is 0. The number of ether oxygens (including phenoxy) is 1. The van der Waals surface area contributed by atoms with E-state index in [1.54, 1.807) is 0 Å². The van der Waals surface area contributed by atoms with E-state index in [2.05, 4.69) is 22.4 Å². The number of fused-ring (bicyclic) bond motifs is 1.